The fourth-order valence-electron chi connectivity index (χ4n) is 6.73. The number of hydrogen-bond donors (Lipinski definition) is 7. The van der Waals surface area contributed by atoms with Gasteiger partial charge in [0.15, 0.2) is 0 Å². The maximum atomic E-state index is 13.6. The third kappa shape index (κ3) is 13.9. The minimum Gasteiger partial charge on any atom is -0.497 e. The van der Waals surface area contributed by atoms with E-state index in [1.54, 1.807) is 75.1 Å². The van der Waals surface area contributed by atoms with Gasteiger partial charge in [0.1, 0.15) is 52.9 Å². The van der Waals surface area contributed by atoms with Gasteiger partial charge in [-0.05, 0) is 141 Å². The number of methoxy groups -OCH3 is 2. The second-order valence-corrected chi connectivity index (χ2v) is 15.4. The number of carbonyl (C=O) groups excluding carboxylic acids is 4. The molecule has 1 atom stereocenters. The van der Waals surface area contributed by atoms with Crippen molar-refractivity contribution in [3.63, 3.8) is 0 Å². The number of carbonyl (C=O) groups is 4. The Morgan fingerprint density at radius 1 is 0.729 bits per heavy atom. The van der Waals surface area contributed by atoms with Crippen LogP contribution in [0.1, 0.15) is 53.4 Å². The van der Waals surface area contributed by atoms with Gasteiger partial charge in [-0.15, -0.1) is 0 Å². The highest BCUT2D eigenvalue weighted by Crippen LogP contribution is 2.33. The van der Waals surface area contributed by atoms with Crippen LogP contribution in [-0.2, 0) is 14.4 Å². The summed E-state index contributed by atoms with van der Waals surface area (Å²) in [7, 11) is 3.21. The first-order valence-corrected chi connectivity index (χ1v) is 21.3. The molecule has 356 valence electrons. The topological polar surface area (TPSA) is 242 Å². The van der Waals surface area contributed by atoms with Crippen molar-refractivity contribution in [1.82, 2.24) is 25.7 Å². The van der Waals surface area contributed by atoms with E-state index in [1.165, 1.54) is 43.3 Å². The number of fused-ring (bicyclic) bond motifs is 2. The molecule has 2 amide bonds. The maximum Gasteiger partial charge on any atom is 0.255 e. The number of H-pyrrole nitrogens is 2. The van der Waals surface area contributed by atoms with Crippen LogP contribution in [0.3, 0.4) is 0 Å². The predicted molar refractivity (Wildman–Crippen MR) is 265 cm³/mol. The number of aromatic nitrogens is 4. The normalized spacial score (nSPS) is 12.5. The van der Waals surface area contributed by atoms with E-state index < -0.39 is 6.04 Å². The van der Waals surface area contributed by atoms with Gasteiger partial charge in [0.05, 0.1) is 49.6 Å². The average molecular weight is 947 g/mol. The van der Waals surface area contributed by atoms with Crippen molar-refractivity contribution in [3.05, 3.63) is 191 Å². The number of nitrogens with one attached hydrogen (secondary N) is 6. The summed E-state index contributed by atoms with van der Waals surface area (Å²) >= 11 is 0. The average Bonchev–Trinajstić information content (AvgIpc) is 4.04. The number of Topliss-reactive ketones (excluding diaryl/α,β-unsaturated/α-hetero) is 1. The smallest absolute Gasteiger partial charge is 0.255 e. The van der Waals surface area contributed by atoms with Crippen molar-refractivity contribution in [3.8, 4) is 11.5 Å². The Bertz CT molecular complexity index is 3170. The summed E-state index contributed by atoms with van der Waals surface area (Å²) in [5.74, 6) is 0.792. The zero-order valence-electron chi connectivity index (χ0n) is 38.3. The number of nitrogens with two attached hydrogens (primary N) is 1. The third-order valence-corrected chi connectivity index (χ3v) is 10.3. The molecule has 9 rings (SSSR count). The zero-order chi connectivity index (χ0) is 50.2. The number of rotatable bonds is 11. The number of allylic oxidation sites excluding steroid dienone is 1. The molecule has 0 saturated carbocycles. The van der Waals surface area contributed by atoms with Crippen LogP contribution in [0, 0.1) is 17.0 Å². The van der Waals surface area contributed by atoms with Crippen molar-refractivity contribution in [2.75, 3.05) is 24.9 Å². The minimum atomic E-state index is -0.614. The molecule has 2 aromatic heterocycles. The minimum absolute atomic E-state index is 0.0765. The first kappa shape index (κ1) is 50.1. The molecule has 0 bridgehead atoms. The lowest BCUT2D eigenvalue weighted by molar-refractivity contribution is -0.124. The van der Waals surface area contributed by atoms with Gasteiger partial charge in [-0.1, -0.05) is 12.1 Å². The number of nitrogens with zero attached hydrogens (tertiary/aromatic N) is 3. The molecule has 0 radical (unpaired) electrons. The second-order valence-electron chi connectivity index (χ2n) is 15.4. The van der Waals surface area contributed by atoms with Crippen LogP contribution in [0.25, 0.3) is 21.8 Å². The van der Waals surface area contributed by atoms with Crippen LogP contribution < -0.4 is 31.2 Å². The fourth-order valence-corrected chi connectivity index (χ4v) is 6.73. The molecule has 0 saturated heterocycles. The lowest BCUT2D eigenvalue weighted by atomic mass is 9.94. The SMILES string of the molecule is CC(=O)CC(=O)Nc1ccc2[nH]ncc2c1.COc1ccc(C(=N)N)cc1.COc1ccc(C2=NC(c3ccc(F)cc3)C(C(=O)Nc3ccc4[nH]ncc4c3)=C(C)N2)cc1.O=Cc1ccc(F)cc1. The molecule has 8 aromatic rings. The number of nitrogen functional groups attached to an aromatic ring is 1. The van der Waals surface area contributed by atoms with Gasteiger partial charge >= 0.3 is 0 Å². The van der Waals surface area contributed by atoms with E-state index in [9.17, 15) is 28.0 Å². The molecule has 8 N–H and O–H groups in total. The molecule has 16 nitrogen and oxygen atoms in total. The number of aldehydes is 1. The first-order valence-electron chi connectivity index (χ1n) is 21.3. The predicted octanol–water partition coefficient (Wildman–Crippen LogP) is 8.81. The van der Waals surface area contributed by atoms with E-state index in [0.29, 0.717) is 51.5 Å². The molecular formula is C52H48F2N10O6. The van der Waals surface area contributed by atoms with E-state index in [4.69, 9.17) is 25.6 Å². The number of halogens is 2. The van der Waals surface area contributed by atoms with Gasteiger partial charge in [0.2, 0.25) is 5.91 Å². The maximum absolute atomic E-state index is 13.6. The summed E-state index contributed by atoms with van der Waals surface area (Å²) < 4.78 is 35.9. The van der Waals surface area contributed by atoms with Crippen molar-refractivity contribution in [1.29, 1.82) is 5.41 Å². The van der Waals surface area contributed by atoms with Crippen LogP contribution in [0.15, 0.2) is 162 Å². The number of hydrogen-bond acceptors (Lipinski definition) is 11. The molecule has 70 heavy (non-hydrogen) atoms. The molecule has 0 aliphatic carbocycles. The number of amidine groups is 2. The first-order chi connectivity index (χ1) is 33.7. The fraction of sp³-hybridized carbons (Fsp3) is 0.115. The Balaban J connectivity index is 0.000000183. The van der Waals surface area contributed by atoms with Crippen LogP contribution in [0.4, 0.5) is 20.2 Å². The number of anilines is 2. The molecule has 6 aromatic carbocycles. The monoisotopic (exact) mass is 946 g/mol. The van der Waals surface area contributed by atoms with Crippen molar-refractivity contribution in [2.45, 2.75) is 26.3 Å². The molecule has 3 heterocycles. The Kier molecular flexibility index (Phi) is 17.1. The lowest BCUT2D eigenvalue weighted by Gasteiger charge is -2.27. The molecule has 1 aliphatic heterocycles. The van der Waals surface area contributed by atoms with Gasteiger partial charge in [0.25, 0.3) is 5.91 Å². The standard InChI is InChI=1S/C26H22FN5O2.C11H11N3O2.C8H10N2O.C7H5FO/c1-15-23(26(33)30-20-9-12-22-18(13-20)14-28-32-22)24(16-3-7-19(27)8-4-16)31-25(29-15)17-5-10-21(34-2)11-6-17;1-7(15)4-11(16)13-9-2-3-10-8(5-9)6-12-14-10;1-11-7-4-2-6(3-5-7)8(9)10;8-7-3-1-6(5-9)2-4-7/h3-14,24H,1-2H3,(H,28,32)(H,29,31)(H,30,33);2-3,5-6H,4H2,1H3,(H,12,14)(H,13,16);2-5H,1H3,(H3,9,10);1-5H. The number of benzene rings is 6. The van der Waals surface area contributed by atoms with Gasteiger partial charge in [-0.25, -0.2) is 8.78 Å². The molecule has 18 heteroatoms. The summed E-state index contributed by atoms with van der Waals surface area (Å²) in [6, 6.07) is 36.2. The zero-order valence-corrected chi connectivity index (χ0v) is 38.3. The van der Waals surface area contributed by atoms with Crippen molar-refractivity contribution in [2.24, 2.45) is 10.7 Å². The van der Waals surface area contributed by atoms with E-state index >= 15 is 0 Å². The molecule has 1 unspecified atom stereocenters. The Labute approximate surface area is 400 Å². The van der Waals surface area contributed by atoms with E-state index in [-0.39, 0.29) is 41.5 Å². The number of ketones is 1. The quantitative estimate of drug-likeness (QED) is 0.0281. The number of aromatic amines is 2. The summed E-state index contributed by atoms with van der Waals surface area (Å²) in [6.07, 6.45) is 3.96. The summed E-state index contributed by atoms with van der Waals surface area (Å²) in [5, 5.41) is 31.4. The highest BCUT2D eigenvalue weighted by atomic mass is 19.1. The van der Waals surface area contributed by atoms with Gasteiger partial charge in [0, 0.05) is 44.5 Å². The molecule has 0 fully saturated rings. The number of aliphatic imine (C=N–C) groups is 1. The Morgan fingerprint density at radius 3 is 1.74 bits per heavy atom. The van der Waals surface area contributed by atoms with E-state index in [2.05, 4.69) is 36.3 Å². The summed E-state index contributed by atoms with van der Waals surface area (Å²) in [6.45, 7) is 3.22. The summed E-state index contributed by atoms with van der Waals surface area (Å²) in [5.41, 5.74) is 12.2. The number of ether oxygens (including phenoxy) is 2. The number of amides is 2. The van der Waals surface area contributed by atoms with Crippen molar-refractivity contribution >= 4 is 68.7 Å². The second kappa shape index (κ2) is 23.9. The van der Waals surface area contributed by atoms with Gasteiger partial charge in [-0.2, -0.15) is 10.2 Å². The van der Waals surface area contributed by atoms with E-state index in [1.807, 2.05) is 55.5 Å². The van der Waals surface area contributed by atoms with Crippen LogP contribution in [-0.4, -0.2) is 70.2 Å². The van der Waals surface area contributed by atoms with E-state index in [0.717, 1.165) is 38.9 Å². The Morgan fingerprint density at radius 2 is 1.24 bits per heavy atom. The molecule has 0 spiro atoms. The highest BCUT2D eigenvalue weighted by molar-refractivity contribution is 6.09. The van der Waals surface area contributed by atoms with Gasteiger partial charge in [-0.3, -0.25) is 39.8 Å². The molecule has 1 aliphatic rings. The van der Waals surface area contributed by atoms with Crippen molar-refractivity contribution < 1.29 is 37.4 Å². The van der Waals surface area contributed by atoms with Crippen LogP contribution in [0.2, 0.25) is 0 Å². The largest absolute Gasteiger partial charge is 0.497 e. The van der Waals surface area contributed by atoms with Gasteiger partial charge < -0.3 is 31.2 Å². The summed E-state index contributed by atoms with van der Waals surface area (Å²) in [4.78, 5) is 50.4. The Hall–Kier alpha value is -9.32. The highest BCUT2D eigenvalue weighted by Gasteiger charge is 2.30. The van der Waals surface area contributed by atoms with Crippen LogP contribution in [0.5, 0.6) is 11.5 Å². The third-order valence-electron chi connectivity index (χ3n) is 10.3. The lowest BCUT2D eigenvalue weighted by Crippen LogP contribution is -2.34. The molecular weight excluding hydrogens is 899 g/mol. The van der Waals surface area contributed by atoms with Crippen LogP contribution >= 0.6 is 0 Å².